The summed E-state index contributed by atoms with van der Waals surface area (Å²) in [6.07, 6.45) is 2.29. The largest absolute Gasteiger partial charge is 0.481 e. The van der Waals surface area contributed by atoms with Gasteiger partial charge in [-0.05, 0) is 25.0 Å². The SMILES string of the molecule is CCC(C(CCC(=O)O)C(=O)O)P(=O)(O)c1cccnc1. The molecule has 0 amide bonds. The summed E-state index contributed by atoms with van der Waals surface area (Å²) in [5.74, 6) is -3.59. The minimum Gasteiger partial charge on any atom is -0.481 e. The first-order valence-corrected chi connectivity index (χ1v) is 8.21. The number of carbonyl (C=O) groups is 2. The molecule has 0 fully saturated rings. The lowest BCUT2D eigenvalue weighted by Gasteiger charge is -2.27. The molecule has 0 aliphatic rings. The molecule has 3 atom stereocenters. The Balaban J connectivity index is 3.10. The molecule has 3 N–H and O–H groups in total. The predicted octanol–water partition coefficient (Wildman–Crippen LogP) is 1.32. The Morgan fingerprint density at radius 2 is 2.05 bits per heavy atom. The van der Waals surface area contributed by atoms with E-state index in [0.29, 0.717) is 0 Å². The summed E-state index contributed by atoms with van der Waals surface area (Å²) in [7, 11) is -3.96. The van der Waals surface area contributed by atoms with E-state index in [2.05, 4.69) is 4.98 Å². The fraction of sp³-hybridized carbons (Fsp3) is 0.462. The number of rotatable bonds is 8. The van der Waals surface area contributed by atoms with Gasteiger partial charge in [-0.1, -0.05) is 6.92 Å². The number of aromatic nitrogens is 1. The summed E-state index contributed by atoms with van der Waals surface area (Å²) in [5, 5.41) is 18.0. The van der Waals surface area contributed by atoms with E-state index in [0.717, 1.165) is 0 Å². The minimum atomic E-state index is -3.96. The molecule has 7 nitrogen and oxygen atoms in total. The fourth-order valence-electron chi connectivity index (χ4n) is 2.27. The minimum absolute atomic E-state index is 0.0819. The number of pyridine rings is 1. The van der Waals surface area contributed by atoms with Gasteiger partial charge in [0.05, 0.1) is 16.9 Å². The zero-order chi connectivity index (χ0) is 16.0. The van der Waals surface area contributed by atoms with E-state index < -0.39 is 30.9 Å². The van der Waals surface area contributed by atoms with Crippen LogP contribution in [0.1, 0.15) is 26.2 Å². The molecule has 0 aromatic carbocycles. The monoisotopic (exact) mass is 315 g/mol. The second kappa shape index (κ2) is 7.33. The third-order valence-corrected chi connectivity index (χ3v) is 5.96. The molecule has 116 valence electrons. The number of carboxylic acid groups (broad SMARTS) is 2. The smallest absolute Gasteiger partial charge is 0.307 e. The topological polar surface area (TPSA) is 125 Å². The molecule has 0 aliphatic heterocycles. The van der Waals surface area contributed by atoms with Crippen molar-refractivity contribution in [3.63, 3.8) is 0 Å². The maximum Gasteiger partial charge on any atom is 0.307 e. The van der Waals surface area contributed by atoms with Crippen molar-refractivity contribution in [1.82, 2.24) is 4.98 Å². The Kier molecular flexibility index (Phi) is 6.05. The standard InChI is InChI=1S/C13H18NO6P/c1-2-11(10(13(17)18)5-6-12(15)16)21(19,20)9-4-3-7-14-8-9/h3-4,7-8,10-11H,2,5-6H2,1H3,(H,15,16)(H,17,18)(H,19,20). The van der Waals surface area contributed by atoms with Crippen molar-refractivity contribution in [2.24, 2.45) is 5.92 Å². The van der Waals surface area contributed by atoms with Gasteiger partial charge in [-0.3, -0.25) is 19.1 Å². The Bertz CT molecular complexity index is 547. The predicted molar refractivity (Wildman–Crippen MR) is 75.8 cm³/mol. The lowest BCUT2D eigenvalue weighted by Crippen LogP contribution is -2.31. The van der Waals surface area contributed by atoms with Crippen molar-refractivity contribution in [3.05, 3.63) is 24.5 Å². The molecular weight excluding hydrogens is 297 g/mol. The summed E-state index contributed by atoms with van der Waals surface area (Å²) in [5.41, 5.74) is -1.04. The van der Waals surface area contributed by atoms with Crippen LogP contribution in [-0.4, -0.2) is 37.7 Å². The molecule has 0 bridgehead atoms. The van der Waals surface area contributed by atoms with Gasteiger partial charge in [0, 0.05) is 18.8 Å². The molecule has 1 heterocycles. The summed E-state index contributed by atoms with van der Waals surface area (Å²) in [4.78, 5) is 36.1. The molecule has 0 radical (unpaired) electrons. The van der Waals surface area contributed by atoms with Gasteiger partial charge in [0.25, 0.3) is 0 Å². The van der Waals surface area contributed by atoms with Crippen molar-refractivity contribution < 1.29 is 29.3 Å². The molecule has 1 aromatic rings. The van der Waals surface area contributed by atoms with Crippen LogP contribution < -0.4 is 5.30 Å². The van der Waals surface area contributed by atoms with Crippen molar-refractivity contribution in [1.29, 1.82) is 0 Å². The molecule has 0 saturated heterocycles. The Morgan fingerprint density at radius 1 is 1.38 bits per heavy atom. The zero-order valence-electron chi connectivity index (χ0n) is 11.5. The zero-order valence-corrected chi connectivity index (χ0v) is 12.4. The lowest BCUT2D eigenvalue weighted by molar-refractivity contribution is -0.143. The van der Waals surface area contributed by atoms with Gasteiger partial charge in [-0.15, -0.1) is 0 Å². The third kappa shape index (κ3) is 4.37. The summed E-state index contributed by atoms with van der Waals surface area (Å²) in [6, 6.07) is 2.92. The average Bonchev–Trinajstić information content (AvgIpc) is 2.43. The fourth-order valence-corrected chi connectivity index (χ4v) is 4.44. The van der Waals surface area contributed by atoms with Gasteiger partial charge in [0.15, 0.2) is 0 Å². The molecule has 8 heteroatoms. The van der Waals surface area contributed by atoms with E-state index in [1.165, 1.54) is 24.5 Å². The summed E-state index contributed by atoms with van der Waals surface area (Å²) < 4.78 is 12.6. The summed E-state index contributed by atoms with van der Waals surface area (Å²) in [6.45, 7) is 1.61. The van der Waals surface area contributed by atoms with E-state index in [4.69, 9.17) is 5.11 Å². The van der Waals surface area contributed by atoms with E-state index in [1.54, 1.807) is 6.92 Å². The van der Waals surface area contributed by atoms with Crippen molar-refractivity contribution in [3.8, 4) is 0 Å². The first-order chi connectivity index (χ1) is 9.80. The Morgan fingerprint density at radius 3 is 2.48 bits per heavy atom. The Labute approximate surface area is 122 Å². The molecule has 21 heavy (non-hydrogen) atoms. The number of carboxylic acids is 2. The number of nitrogens with zero attached hydrogens (tertiary/aromatic N) is 1. The Hall–Kier alpha value is -1.72. The van der Waals surface area contributed by atoms with Crippen LogP contribution in [0.2, 0.25) is 0 Å². The van der Waals surface area contributed by atoms with Crippen LogP contribution in [0.25, 0.3) is 0 Å². The number of aliphatic carboxylic acids is 2. The highest BCUT2D eigenvalue weighted by atomic mass is 31.2. The average molecular weight is 315 g/mol. The maximum absolute atomic E-state index is 12.6. The molecule has 0 saturated carbocycles. The highest BCUT2D eigenvalue weighted by Gasteiger charge is 2.41. The molecular formula is C13H18NO6P. The third-order valence-electron chi connectivity index (χ3n) is 3.33. The van der Waals surface area contributed by atoms with E-state index in [9.17, 15) is 24.2 Å². The van der Waals surface area contributed by atoms with E-state index in [-0.39, 0.29) is 24.6 Å². The van der Waals surface area contributed by atoms with Gasteiger partial charge in [0.2, 0.25) is 7.37 Å². The second-order valence-electron chi connectivity index (χ2n) is 4.69. The molecule has 3 unspecified atom stereocenters. The normalized spacial score (nSPS) is 16.7. The van der Waals surface area contributed by atoms with Gasteiger partial charge >= 0.3 is 11.9 Å². The molecule has 1 rings (SSSR count). The first kappa shape index (κ1) is 17.3. The summed E-state index contributed by atoms with van der Waals surface area (Å²) >= 11 is 0. The van der Waals surface area contributed by atoms with Crippen LogP contribution in [0.5, 0.6) is 0 Å². The second-order valence-corrected chi connectivity index (χ2v) is 7.11. The highest BCUT2D eigenvalue weighted by molar-refractivity contribution is 7.66. The number of hydrogen-bond acceptors (Lipinski definition) is 4. The first-order valence-electron chi connectivity index (χ1n) is 6.48. The van der Waals surface area contributed by atoms with Crippen LogP contribution in [0.4, 0.5) is 0 Å². The molecule has 0 spiro atoms. The van der Waals surface area contributed by atoms with E-state index >= 15 is 0 Å². The van der Waals surface area contributed by atoms with Crippen LogP contribution in [0, 0.1) is 5.92 Å². The van der Waals surface area contributed by atoms with Gasteiger partial charge < -0.3 is 15.1 Å². The van der Waals surface area contributed by atoms with Gasteiger partial charge in [-0.25, -0.2) is 0 Å². The van der Waals surface area contributed by atoms with Crippen LogP contribution in [0.3, 0.4) is 0 Å². The van der Waals surface area contributed by atoms with E-state index in [1.807, 2.05) is 0 Å². The molecule has 1 aromatic heterocycles. The maximum atomic E-state index is 12.6. The van der Waals surface area contributed by atoms with Gasteiger partial charge in [-0.2, -0.15) is 0 Å². The molecule has 0 aliphatic carbocycles. The lowest BCUT2D eigenvalue weighted by atomic mass is 9.97. The van der Waals surface area contributed by atoms with Crippen LogP contribution in [-0.2, 0) is 14.2 Å². The van der Waals surface area contributed by atoms with Crippen molar-refractivity contribution in [2.75, 3.05) is 0 Å². The highest BCUT2D eigenvalue weighted by Crippen LogP contribution is 2.50. The van der Waals surface area contributed by atoms with Gasteiger partial charge in [0.1, 0.15) is 0 Å². The van der Waals surface area contributed by atoms with Crippen molar-refractivity contribution >= 4 is 24.6 Å². The quantitative estimate of drug-likeness (QED) is 0.618. The van der Waals surface area contributed by atoms with Crippen LogP contribution >= 0.6 is 7.37 Å². The number of hydrogen-bond donors (Lipinski definition) is 3. The van der Waals surface area contributed by atoms with Crippen molar-refractivity contribution in [2.45, 2.75) is 31.8 Å². The van der Waals surface area contributed by atoms with Crippen LogP contribution in [0.15, 0.2) is 24.5 Å².